The van der Waals surface area contributed by atoms with E-state index >= 15 is 0 Å². The first-order valence-corrected chi connectivity index (χ1v) is 13.5. The second kappa shape index (κ2) is 11.4. The minimum absolute atomic E-state index is 0.116. The minimum Gasteiger partial charge on any atom is -0.355 e. The van der Waals surface area contributed by atoms with Gasteiger partial charge in [-0.05, 0) is 50.9 Å². The largest absolute Gasteiger partial charge is 0.355 e. The Balaban J connectivity index is 1.67. The molecule has 0 radical (unpaired) electrons. The molecule has 2 fully saturated rings. The highest BCUT2D eigenvalue weighted by Gasteiger charge is 2.33. The van der Waals surface area contributed by atoms with Gasteiger partial charge in [-0.2, -0.15) is 5.26 Å². The molecule has 188 valence electrons. The lowest BCUT2D eigenvalue weighted by molar-refractivity contribution is -0.122. The average molecular weight is 522 g/mol. The van der Waals surface area contributed by atoms with Crippen molar-refractivity contribution in [3.05, 3.63) is 67.8 Å². The predicted octanol–water partition coefficient (Wildman–Crippen LogP) is 3.63. The third-order valence-corrected chi connectivity index (χ3v) is 8.18. The molecule has 0 atom stereocenters. The van der Waals surface area contributed by atoms with Crippen LogP contribution in [0.5, 0.6) is 0 Å². The lowest BCUT2D eigenvalue weighted by Crippen LogP contribution is -2.47. The Hall–Kier alpha value is -2.93. The van der Waals surface area contributed by atoms with Crippen molar-refractivity contribution < 1.29 is 4.79 Å². The SMILES string of the molecule is CCn1c(N2CCN(C)CC2)c(C=C2SC(=S)N(CCCc3ccccc3)C2=O)c(C)c(C#N)c1=O. The van der Waals surface area contributed by atoms with Crippen molar-refractivity contribution in [3.63, 3.8) is 0 Å². The van der Waals surface area contributed by atoms with E-state index in [0.29, 0.717) is 27.9 Å². The number of thioether (sulfide) groups is 1. The van der Waals surface area contributed by atoms with E-state index < -0.39 is 0 Å². The number of anilines is 1. The number of carbonyl (C=O) groups excluding carboxylic acids is 1. The molecule has 3 heterocycles. The number of nitrogens with zero attached hydrogens (tertiary/aromatic N) is 5. The van der Waals surface area contributed by atoms with Gasteiger partial charge in [-0.3, -0.25) is 19.1 Å². The number of aromatic nitrogens is 1. The normalized spacial score (nSPS) is 17.8. The number of nitriles is 1. The Kier molecular flexibility index (Phi) is 8.29. The summed E-state index contributed by atoms with van der Waals surface area (Å²) in [6, 6.07) is 12.3. The minimum atomic E-state index is -0.281. The fourth-order valence-electron chi connectivity index (χ4n) is 4.71. The second-order valence-corrected chi connectivity index (χ2v) is 10.8. The molecular formula is C27H31N5O2S2. The Bertz CT molecular complexity index is 1290. The fourth-order valence-corrected chi connectivity index (χ4v) is 6.00. The van der Waals surface area contributed by atoms with Crippen LogP contribution in [0.15, 0.2) is 40.0 Å². The summed E-state index contributed by atoms with van der Waals surface area (Å²) in [5, 5.41) is 9.76. The van der Waals surface area contributed by atoms with E-state index in [4.69, 9.17) is 12.2 Å². The van der Waals surface area contributed by atoms with Gasteiger partial charge in [0.2, 0.25) is 0 Å². The number of aryl methyl sites for hydroxylation is 1. The van der Waals surface area contributed by atoms with Gasteiger partial charge >= 0.3 is 0 Å². The van der Waals surface area contributed by atoms with Gasteiger partial charge in [-0.1, -0.05) is 54.3 Å². The molecule has 7 nitrogen and oxygen atoms in total. The molecular weight excluding hydrogens is 490 g/mol. The maximum atomic E-state index is 13.4. The van der Waals surface area contributed by atoms with Crippen molar-refractivity contribution in [3.8, 4) is 6.07 Å². The number of rotatable bonds is 7. The molecule has 1 aromatic carbocycles. The monoisotopic (exact) mass is 521 g/mol. The third-order valence-electron chi connectivity index (χ3n) is 6.80. The second-order valence-electron chi connectivity index (χ2n) is 9.11. The van der Waals surface area contributed by atoms with Crippen LogP contribution in [0.1, 0.15) is 35.6 Å². The smallest absolute Gasteiger partial charge is 0.270 e. The van der Waals surface area contributed by atoms with Gasteiger partial charge in [-0.25, -0.2) is 0 Å². The summed E-state index contributed by atoms with van der Waals surface area (Å²) in [4.78, 5) is 33.2. The summed E-state index contributed by atoms with van der Waals surface area (Å²) < 4.78 is 2.21. The van der Waals surface area contributed by atoms with Gasteiger partial charge in [-0.15, -0.1) is 0 Å². The number of amides is 1. The Morgan fingerprint density at radius 1 is 1.14 bits per heavy atom. The van der Waals surface area contributed by atoms with E-state index in [1.165, 1.54) is 17.3 Å². The molecule has 2 aliphatic rings. The van der Waals surface area contributed by atoms with Crippen LogP contribution in [-0.4, -0.2) is 64.4 Å². The molecule has 4 rings (SSSR count). The van der Waals surface area contributed by atoms with E-state index in [1.807, 2.05) is 31.2 Å². The summed E-state index contributed by atoms with van der Waals surface area (Å²) in [6.45, 7) is 7.99. The molecule has 0 N–H and O–H groups in total. The summed E-state index contributed by atoms with van der Waals surface area (Å²) in [6.07, 6.45) is 3.52. The third kappa shape index (κ3) is 5.26. The van der Waals surface area contributed by atoms with E-state index in [2.05, 4.69) is 35.0 Å². The Morgan fingerprint density at radius 2 is 1.83 bits per heavy atom. The van der Waals surface area contributed by atoms with Crippen LogP contribution < -0.4 is 10.5 Å². The van der Waals surface area contributed by atoms with Gasteiger partial charge in [0, 0.05) is 44.8 Å². The summed E-state index contributed by atoms with van der Waals surface area (Å²) >= 11 is 6.86. The van der Waals surface area contributed by atoms with Crippen LogP contribution in [0.3, 0.4) is 0 Å². The molecule has 0 saturated carbocycles. The number of likely N-dealkylation sites (N-methyl/N-ethyl adjacent to an activating group) is 1. The van der Waals surface area contributed by atoms with Crippen molar-refractivity contribution in [2.45, 2.75) is 33.2 Å². The topological polar surface area (TPSA) is 72.6 Å². The average Bonchev–Trinajstić information content (AvgIpc) is 3.14. The number of hydrogen-bond donors (Lipinski definition) is 0. The maximum absolute atomic E-state index is 13.4. The maximum Gasteiger partial charge on any atom is 0.270 e. The molecule has 2 saturated heterocycles. The highest BCUT2D eigenvalue weighted by Crippen LogP contribution is 2.36. The molecule has 0 bridgehead atoms. The summed E-state index contributed by atoms with van der Waals surface area (Å²) in [7, 11) is 2.08. The van der Waals surface area contributed by atoms with E-state index in [-0.39, 0.29) is 17.0 Å². The number of hydrogen-bond acceptors (Lipinski definition) is 7. The summed E-state index contributed by atoms with van der Waals surface area (Å²) in [5.41, 5.74) is 2.44. The van der Waals surface area contributed by atoms with Crippen molar-refractivity contribution in [2.75, 3.05) is 44.7 Å². The number of carbonyl (C=O) groups is 1. The quantitative estimate of drug-likeness (QED) is 0.407. The zero-order valence-electron chi connectivity index (χ0n) is 21.0. The molecule has 0 unspecified atom stereocenters. The first-order chi connectivity index (χ1) is 17.3. The van der Waals surface area contributed by atoms with Crippen molar-refractivity contribution >= 4 is 46.1 Å². The van der Waals surface area contributed by atoms with E-state index in [1.54, 1.807) is 16.4 Å². The van der Waals surface area contributed by atoms with Crippen LogP contribution in [0.2, 0.25) is 0 Å². The molecule has 9 heteroatoms. The standard InChI is InChI=1S/C27H31N5O2S2/c1-4-31-24(30-15-13-29(3)14-16-30)21(19(2)22(18-28)25(31)33)17-23-26(34)32(27(35)36-23)12-8-11-20-9-6-5-7-10-20/h5-7,9-10,17H,4,8,11-16H2,1-3H3. The first-order valence-electron chi connectivity index (χ1n) is 12.3. The van der Waals surface area contributed by atoms with Gasteiger partial charge in [0.25, 0.3) is 11.5 Å². The number of thiocarbonyl (C=S) groups is 1. The molecule has 1 aromatic heterocycles. The van der Waals surface area contributed by atoms with Gasteiger partial charge in [0.1, 0.15) is 21.8 Å². The highest BCUT2D eigenvalue weighted by molar-refractivity contribution is 8.26. The number of pyridine rings is 1. The highest BCUT2D eigenvalue weighted by atomic mass is 32.2. The van der Waals surface area contributed by atoms with Crippen LogP contribution >= 0.6 is 24.0 Å². The van der Waals surface area contributed by atoms with Gasteiger partial charge in [0.15, 0.2) is 0 Å². The van der Waals surface area contributed by atoms with E-state index in [9.17, 15) is 14.9 Å². The van der Waals surface area contributed by atoms with Crippen molar-refractivity contribution in [1.29, 1.82) is 5.26 Å². The molecule has 0 spiro atoms. The Labute approximate surface area is 222 Å². The van der Waals surface area contributed by atoms with Crippen LogP contribution in [0, 0.1) is 18.3 Å². The van der Waals surface area contributed by atoms with Crippen LogP contribution in [-0.2, 0) is 17.8 Å². The molecule has 2 aromatic rings. The van der Waals surface area contributed by atoms with Crippen LogP contribution in [0.25, 0.3) is 6.08 Å². The number of piperazine rings is 1. The Morgan fingerprint density at radius 3 is 2.47 bits per heavy atom. The summed E-state index contributed by atoms with van der Waals surface area (Å²) in [5.74, 6) is 0.663. The number of benzene rings is 1. The van der Waals surface area contributed by atoms with E-state index in [0.717, 1.165) is 50.4 Å². The zero-order valence-corrected chi connectivity index (χ0v) is 22.6. The van der Waals surface area contributed by atoms with Gasteiger partial charge in [0.05, 0.1) is 4.91 Å². The van der Waals surface area contributed by atoms with Crippen molar-refractivity contribution in [1.82, 2.24) is 14.4 Å². The fraction of sp³-hybridized carbons (Fsp3) is 0.407. The zero-order chi connectivity index (χ0) is 25.8. The first kappa shape index (κ1) is 26.1. The molecule has 1 amide bonds. The lowest BCUT2D eigenvalue weighted by Gasteiger charge is -2.36. The molecule has 36 heavy (non-hydrogen) atoms. The lowest BCUT2D eigenvalue weighted by atomic mass is 10.0. The van der Waals surface area contributed by atoms with Crippen molar-refractivity contribution in [2.24, 2.45) is 0 Å². The van der Waals surface area contributed by atoms with Crippen LogP contribution in [0.4, 0.5) is 5.82 Å². The predicted molar refractivity (Wildman–Crippen MR) is 150 cm³/mol. The molecule has 0 aliphatic carbocycles. The molecule has 2 aliphatic heterocycles. The van der Waals surface area contributed by atoms with Gasteiger partial charge < -0.3 is 9.80 Å².